The van der Waals surface area contributed by atoms with Gasteiger partial charge in [0.15, 0.2) is 0 Å². The Morgan fingerprint density at radius 1 is 0.933 bits per heavy atom. The van der Waals surface area contributed by atoms with Gasteiger partial charge in [0.1, 0.15) is 12.2 Å². The van der Waals surface area contributed by atoms with Crippen LogP contribution in [0.5, 0.6) is 0 Å². The second-order valence-electron chi connectivity index (χ2n) is 9.50. The number of amides is 1. The van der Waals surface area contributed by atoms with Gasteiger partial charge in [0.25, 0.3) is 0 Å². The number of rotatable bonds is 9. The van der Waals surface area contributed by atoms with Gasteiger partial charge >= 0.3 is 6.09 Å². The number of carbonyl (C=O) groups excluding carboxylic acids is 1. The molecule has 0 heterocycles. The fourth-order valence-electron chi connectivity index (χ4n) is 3.26. The third-order valence-corrected chi connectivity index (χ3v) is 4.72. The van der Waals surface area contributed by atoms with Crippen molar-refractivity contribution in [3.8, 4) is 0 Å². The molecule has 164 valence electrons. The average molecular weight is 413 g/mol. The van der Waals surface area contributed by atoms with Crippen LogP contribution < -0.4 is 10.6 Å². The minimum absolute atomic E-state index is 0.215. The largest absolute Gasteiger partial charge is 0.443 e. The van der Waals surface area contributed by atoms with Gasteiger partial charge in [-0.05, 0) is 52.2 Å². The van der Waals surface area contributed by atoms with Crippen molar-refractivity contribution >= 4 is 6.09 Å². The molecule has 30 heavy (non-hydrogen) atoms. The Bertz CT molecular complexity index is 770. The van der Waals surface area contributed by atoms with Crippen LogP contribution in [0.1, 0.15) is 45.7 Å². The lowest BCUT2D eigenvalue weighted by Gasteiger charge is -2.31. The van der Waals surface area contributed by atoms with Gasteiger partial charge in [0.2, 0.25) is 0 Å². The van der Waals surface area contributed by atoms with E-state index in [1.165, 1.54) is 5.56 Å². The van der Waals surface area contributed by atoms with E-state index in [-0.39, 0.29) is 5.54 Å². The summed E-state index contributed by atoms with van der Waals surface area (Å²) in [6, 6.07) is 20.0. The normalized spacial score (nSPS) is 14.1. The third-order valence-electron chi connectivity index (χ3n) is 4.72. The van der Waals surface area contributed by atoms with Crippen LogP contribution in [0, 0.1) is 0 Å². The highest BCUT2D eigenvalue weighted by Crippen LogP contribution is 2.15. The number of aliphatic hydroxyl groups excluding tert-OH is 1. The number of alkyl carbamates (subject to hydrolysis) is 1. The summed E-state index contributed by atoms with van der Waals surface area (Å²) in [5.41, 5.74) is 1.61. The van der Waals surface area contributed by atoms with Gasteiger partial charge in [0.05, 0.1) is 0 Å². The number of hydrogen-bond acceptors (Lipinski definition) is 4. The van der Waals surface area contributed by atoms with Crippen molar-refractivity contribution in [2.45, 2.75) is 70.7 Å². The van der Waals surface area contributed by atoms with E-state index in [1.54, 1.807) is 0 Å². The zero-order chi connectivity index (χ0) is 22.2. The molecule has 0 radical (unpaired) electrons. The lowest BCUT2D eigenvalue weighted by molar-refractivity contribution is -0.00116. The molecular weight excluding hydrogens is 376 g/mol. The monoisotopic (exact) mass is 412 g/mol. The molecule has 0 spiro atoms. The number of β-amino-alcohol motifs (C(OH)–C–C–N with tert-alkyl or cyclic N) is 1. The van der Waals surface area contributed by atoms with E-state index >= 15 is 0 Å². The second-order valence-corrected chi connectivity index (χ2v) is 9.50. The van der Waals surface area contributed by atoms with Gasteiger partial charge in [0, 0.05) is 24.0 Å². The Morgan fingerprint density at radius 2 is 1.47 bits per heavy atom. The Kier molecular flexibility index (Phi) is 8.44. The first-order valence-corrected chi connectivity index (χ1v) is 10.5. The second kappa shape index (κ2) is 10.6. The first kappa shape index (κ1) is 23.9. The molecule has 2 aromatic carbocycles. The van der Waals surface area contributed by atoms with Gasteiger partial charge in [-0.15, -0.1) is 0 Å². The van der Waals surface area contributed by atoms with Crippen LogP contribution in [0.4, 0.5) is 4.79 Å². The molecule has 0 bridgehead atoms. The van der Waals surface area contributed by atoms with Crippen molar-refractivity contribution in [1.29, 1.82) is 0 Å². The maximum Gasteiger partial charge on any atom is 0.407 e. The van der Waals surface area contributed by atoms with Crippen LogP contribution in [0.15, 0.2) is 60.7 Å². The summed E-state index contributed by atoms with van der Waals surface area (Å²) in [7, 11) is 0. The van der Waals surface area contributed by atoms with E-state index in [4.69, 9.17) is 4.74 Å². The van der Waals surface area contributed by atoms with Crippen molar-refractivity contribution in [3.63, 3.8) is 0 Å². The maximum absolute atomic E-state index is 12.3. The van der Waals surface area contributed by atoms with E-state index in [1.807, 2.05) is 69.3 Å². The number of aliphatic hydroxyl groups is 1. The molecule has 0 aliphatic carbocycles. The maximum atomic E-state index is 12.3. The summed E-state index contributed by atoms with van der Waals surface area (Å²) in [5, 5.41) is 17.1. The van der Waals surface area contributed by atoms with Crippen LogP contribution >= 0.6 is 0 Å². The van der Waals surface area contributed by atoms with Gasteiger partial charge in [-0.25, -0.2) is 4.79 Å². The summed E-state index contributed by atoms with van der Waals surface area (Å²) < 4.78 is 5.64. The molecule has 3 N–H and O–H groups in total. The summed E-state index contributed by atoms with van der Waals surface area (Å²) in [4.78, 5) is 12.3. The molecule has 0 unspecified atom stereocenters. The number of hydrogen-bond donors (Lipinski definition) is 3. The van der Waals surface area contributed by atoms with Crippen molar-refractivity contribution < 1.29 is 14.6 Å². The van der Waals surface area contributed by atoms with Crippen LogP contribution in [-0.2, 0) is 17.6 Å². The molecule has 0 saturated carbocycles. The van der Waals surface area contributed by atoms with Gasteiger partial charge in [-0.2, -0.15) is 0 Å². The summed E-state index contributed by atoms with van der Waals surface area (Å²) in [5.74, 6) is 0. The molecule has 5 heteroatoms. The quantitative estimate of drug-likeness (QED) is 0.580. The summed E-state index contributed by atoms with van der Waals surface area (Å²) >= 11 is 0. The number of nitrogens with one attached hydrogen (secondary N) is 2. The molecule has 0 aliphatic heterocycles. The van der Waals surface area contributed by atoms with E-state index in [0.29, 0.717) is 13.0 Å². The minimum atomic E-state index is -0.842. The van der Waals surface area contributed by atoms with Gasteiger partial charge in [-0.1, -0.05) is 60.7 Å². The lowest BCUT2D eigenvalue weighted by atomic mass is 9.94. The Balaban J connectivity index is 2.01. The molecule has 2 rings (SSSR count). The zero-order valence-electron chi connectivity index (χ0n) is 18.8. The van der Waals surface area contributed by atoms with Gasteiger partial charge < -0.3 is 20.5 Å². The molecule has 0 saturated heterocycles. The fraction of sp³-hybridized carbons (Fsp3) is 0.480. The standard InChI is InChI=1S/C25H36N2O3/c1-24(2,3)27-23(29)30-22(16-19-12-8-6-9-13-19)21(28)18-26-25(4,5)17-20-14-10-7-11-15-20/h6-15,21-22,26,28H,16-18H2,1-5H3,(H,27,29)/t21-,22-/m0/s1. The van der Waals surface area contributed by atoms with E-state index < -0.39 is 23.8 Å². The SMILES string of the molecule is CC(C)(C)NC(=O)O[C@@H](Cc1ccccc1)[C@@H](O)CNC(C)(C)Cc1ccccc1. The predicted octanol–water partition coefficient (Wildman–Crippen LogP) is 4.09. The first-order valence-electron chi connectivity index (χ1n) is 10.5. The first-order chi connectivity index (χ1) is 14.0. The topological polar surface area (TPSA) is 70.6 Å². The Labute approximate surface area is 180 Å². The molecule has 0 aliphatic rings. The van der Waals surface area contributed by atoms with Crippen molar-refractivity contribution in [3.05, 3.63) is 71.8 Å². The third kappa shape index (κ3) is 8.97. The van der Waals surface area contributed by atoms with Crippen LogP contribution in [-0.4, -0.2) is 41.0 Å². The fourth-order valence-corrected chi connectivity index (χ4v) is 3.26. The zero-order valence-corrected chi connectivity index (χ0v) is 18.8. The highest BCUT2D eigenvalue weighted by Gasteiger charge is 2.28. The molecule has 0 aromatic heterocycles. The van der Waals surface area contributed by atoms with Crippen molar-refractivity contribution in [2.75, 3.05) is 6.54 Å². The molecular formula is C25H36N2O3. The summed E-state index contributed by atoms with van der Waals surface area (Å²) in [6.07, 6.45) is -0.748. The van der Waals surface area contributed by atoms with Crippen molar-refractivity contribution in [1.82, 2.24) is 10.6 Å². The number of ether oxygens (including phenoxy) is 1. The molecule has 2 aromatic rings. The minimum Gasteiger partial charge on any atom is -0.443 e. The Hall–Kier alpha value is -2.37. The van der Waals surface area contributed by atoms with Crippen molar-refractivity contribution in [2.24, 2.45) is 0 Å². The molecule has 2 atom stereocenters. The highest BCUT2D eigenvalue weighted by atomic mass is 16.6. The van der Waals surface area contributed by atoms with Crippen LogP contribution in [0.25, 0.3) is 0 Å². The molecule has 0 fully saturated rings. The van der Waals surface area contributed by atoms with E-state index in [9.17, 15) is 9.90 Å². The van der Waals surface area contributed by atoms with E-state index in [0.717, 1.165) is 12.0 Å². The van der Waals surface area contributed by atoms with E-state index in [2.05, 4.69) is 36.6 Å². The molecule has 1 amide bonds. The van der Waals surface area contributed by atoms with Gasteiger partial charge in [-0.3, -0.25) is 0 Å². The number of benzene rings is 2. The van der Waals surface area contributed by atoms with Crippen LogP contribution in [0.3, 0.4) is 0 Å². The predicted molar refractivity (Wildman–Crippen MR) is 122 cm³/mol. The smallest absolute Gasteiger partial charge is 0.407 e. The number of carbonyl (C=O) groups is 1. The molecule has 5 nitrogen and oxygen atoms in total. The summed E-state index contributed by atoms with van der Waals surface area (Å²) in [6.45, 7) is 10.2. The van der Waals surface area contributed by atoms with Crippen LogP contribution in [0.2, 0.25) is 0 Å². The average Bonchev–Trinajstić information content (AvgIpc) is 2.65. The lowest BCUT2D eigenvalue weighted by Crippen LogP contribution is -2.50. The Morgan fingerprint density at radius 3 is 2.00 bits per heavy atom. The highest BCUT2D eigenvalue weighted by molar-refractivity contribution is 5.68.